The van der Waals surface area contributed by atoms with E-state index in [9.17, 15) is 0 Å². The largest absolute Gasteiger partial charge is 0.324 e. The molecular formula is C20H20ClN. The van der Waals surface area contributed by atoms with Crippen molar-refractivity contribution in [3.05, 3.63) is 84.9 Å². The van der Waals surface area contributed by atoms with Gasteiger partial charge in [0.1, 0.15) is 0 Å². The smallest absolute Gasteiger partial charge is 0.0335 e. The molecule has 0 heterocycles. The molecule has 0 aliphatic rings. The van der Waals surface area contributed by atoms with E-state index in [0.717, 1.165) is 6.42 Å². The molecule has 0 aliphatic carbocycles. The molecule has 1 unspecified atom stereocenters. The first-order chi connectivity index (χ1) is 10.3. The molecule has 0 fully saturated rings. The van der Waals surface area contributed by atoms with Gasteiger partial charge < -0.3 is 5.73 Å². The van der Waals surface area contributed by atoms with E-state index in [4.69, 9.17) is 5.73 Å². The second-order valence-electron chi connectivity index (χ2n) is 5.24. The minimum atomic E-state index is -0.0160. The molecule has 1 atom stereocenters. The van der Waals surface area contributed by atoms with Crippen LogP contribution in [0.1, 0.15) is 18.0 Å². The molecular weight excluding hydrogens is 290 g/mol. The average Bonchev–Trinajstić information content (AvgIpc) is 2.54. The summed E-state index contributed by atoms with van der Waals surface area (Å²) in [5, 5.41) is 2.51. The highest BCUT2D eigenvalue weighted by molar-refractivity contribution is 5.97. The molecule has 0 radical (unpaired) electrons. The van der Waals surface area contributed by atoms with Gasteiger partial charge in [0.2, 0.25) is 0 Å². The minimum Gasteiger partial charge on any atom is -0.324 e. The first-order valence-corrected chi connectivity index (χ1v) is 7.25. The van der Waals surface area contributed by atoms with Gasteiger partial charge in [-0.3, -0.25) is 0 Å². The summed E-state index contributed by atoms with van der Waals surface area (Å²) in [6.45, 7) is 3.80. The van der Waals surface area contributed by atoms with Crippen molar-refractivity contribution in [1.82, 2.24) is 0 Å². The van der Waals surface area contributed by atoms with Crippen LogP contribution in [-0.4, -0.2) is 0 Å². The van der Waals surface area contributed by atoms with Crippen molar-refractivity contribution < 1.29 is 0 Å². The van der Waals surface area contributed by atoms with Crippen molar-refractivity contribution in [1.29, 1.82) is 0 Å². The number of fused-ring (bicyclic) bond motifs is 1. The van der Waals surface area contributed by atoms with Crippen LogP contribution in [0.4, 0.5) is 0 Å². The van der Waals surface area contributed by atoms with Crippen molar-refractivity contribution in [2.75, 3.05) is 0 Å². The SMILES string of the molecule is C=CCC(N)c1ccccc1-c1cccc2ccccc12.Cl. The topological polar surface area (TPSA) is 26.0 Å². The molecule has 0 spiro atoms. The number of rotatable bonds is 4. The summed E-state index contributed by atoms with van der Waals surface area (Å²) in [4.78, 5) is 0. The van der Waals surface area contributed by atoms with Crippen molar-refractivity contribution in [2.45, 2.75) is 12.5 Å². The maximum atomic E-state index is 6.32. The Labute approximate surface area is 137 Å². The van der Waals surface area contributed by atoms with Crippen molar-refractivity contribution in [3.8, 4) is 11.1 Å². The van der Waals surface area contributed by atoms with E-state index in [1.807, 2.05) is 12.1 Å². The van der Waals surface area contributed by atoms with E-state index in [0.29, 0.717) is 0 Å². The number of hydrogen-bond acceptors (Lipinski definition) is 1. The van der Waals surface area contributed by atoms with Crippen molar-refractivity contribution in [3.63, 3.8) is 0 Å². The van der Waals surface area contributed by atoms with Gasteiger partial charge in [0.05, 0.1) is 0 Å². The third kappa shape index (κ3) is 3.06. The monoisotopic (exact) mass is 309 g/mol. The van der Waals surface area contributed by atoms with Crippen LogP contribution >= 0.6 is 12.4 Å². The molecule has 2 heteroatoms. The number of halogens is 1. The fourth-order valence-corrected chi connectivity index (χ4v) is 2.83. The Morgan fingerprint density at radius 1 is 0.864 bits per heavy atom. The van der Waals surface area contributed by atoms with Crippen LogP contribution in [0.2, 0.25) is 0 Å². The van der Waals surface area contributed by atoms with Gasteiger partial charge in [-0.15, -0.1) is 19.0 Å². The zero-order valence-corrected chi connectivity index (χ0v) is 13.2. The van der Waals surface area contributed by atoms with Crippen LogP contribution in [0.3, 0.4) is 0 Å². The molecule has 0 aliphatic heterocycles. The van der Waals surface area contributed by atoms with Gasteiger partial charge >= 0.3 is 0 Å². The molecule has 0 saturated carbocycles. The predicted molar refractivity (Wildman–Crippen MR) is 98.4 cm³/mol. The zero-order valence-electron chi connectivity index (χ0n) is 12.4. The lowest BCUT2D eigenvalue weighted by molar-refractivity contribution is 0.744. The Bertz CT molecular complexity index is 774. The van der Waals surface area contributed by atoms with Crippen LogP contribution in [0, 0.1) is 0 Å². The Morgan fingerprint density at radius 3 is 2.32 bits per heavy atom. The highest BCUT2D eigenvalue weighted by atomic mass is 35.5. The Balaban J connectivity index is 0.00000176. The molecule has 0 amide bonds. The van der Waals surface area contributed by atoms with Crippen LogP contribution in [0.5, 0.6) is 0 Å². The van der Waals surface area contributed by atoms with Crippen LogP contribution in [0.15, 0.2) is 79.4 Å². The number of benzene rings is 3. The van der Waals surface area contributed by atoms with Crippen LogP contribution < -0.4 is 5.73 Å². The molecule has 3 aromatic rings. The van der Waals surface area contributed by atoms with E-state index in [1.165, 1.54) is 27.5 Å². The van der Waals surface area contributed by atoms with Gasteiger partial charge in [0.15, 0.2) is 0 Å². The Kier molecular flexibility index (Phi) is 5.37. The minimum absolute atomic E-state index is 0. The molecule has 112 valence electrons. The lowest BCUT2D eigenvalue weighted by atomic mass is 9.91. The molecule has 0 aromatic heterocycles. The second kappa shape index (κ2) is 7.26. The van der Waals surface area contributed by atoms with Crippen LogP contribution in [0.25, 0.3) is 21.9 Å². The fraction of sp³-hybridized carbons (Fsp3) is 0.100. The van der Waals surface area contributed by atoms with Crippen LogP contribution in [-0.2, 0) is 0 Å². The third-order valence-corrected chi connectivity index (χ3v) is 3.86. The molecule has 0 saturated heterocycles. The maximum Gasteiger partial charge on any atom is 0.0335 e. The van der Waals surface area contributed by atoms with Crippen molar-refractivity contribution in [2.24, 2.45) is 5.73 Å². The summed E-state index contributed by atoms with van der Waals surface area (Å²) >= 11 is 0. The van der Waals surface area contributed by atoms with Crippen molar-refractivity contribution >= 4 is 23.2 Å². The quantitative estimate of drug-likeness (QED) is 0.632. The summed E-state index contributed by atoms with van der Waals surface area (Å²) in [5.74, 6) is 0. The standard InChI is InChI=1S/C20H19N.ClH/c1-2-8-20(21)19-13-6-5-12-18(19)17-14-7-10-15-9-3-4-11-16(15)17;/h2-7,9-14,20H,1,8,21H2;1H. The van der Waals surface area contributed by atoms with E-state index < -0.39 is 0 Å². The average molecular weight is 310 g/mol. The number of hydrogen-bond donors (Lipinski definition) is 1. The van der Waals surface area contributed by atoms with Gasteiger partial charge in [-0.25, -0.2) is 0 Å². The molecule has 22 heavy (non-hydrogen) atoms. The number of nitrogens with two attached hydrogens (primary N) is 1. The first kappa shape index (κ1) is 16.3. The van der Waals surface area contributed by atoms with E-state index in [2.05, 4.69) is 67.2 Å². The summed E-state index contributed by atoms with van der Waals surface area (Å²) in [7, 11) is 0. The highest BCUT2D eigenvalue weighted by Gasteiger charge is 2.12. The summed E-state index contributed by atoms with van der Waals surface area (Å²) < 4.78 is 0. The summed E-state index contributed by atoms with van der Waals surface area (Å²) in [5.41, 5.74) is 9.94. The maximum absolute atomic E-state index is 6.32. The molecule has 3 rings (SSSR count). The Hall–Kier alpha value is -2.09. The van der Waals surface area contributed by atoms with E-state index in [-0.39, 0.29) is 18.4 Å². The van der Waals surface area contributed by atoms with E-state index in [1.54, 1.807) is 0 Å². The van der Waals surface area contributed by atoms with Gasteiger partial charge in [0.25, 0.3) is 0 Å². The fourth-order valence-electron chi connectivity index (χ4n) is 2.83. The first-order valence-electron chi connectivity index (χ1n) is 7.25. The molecule has 0 bridgehead atoms. The normalized spacial score (nSPS) is 11.7. The lowest BCUT2D eigenvalue weighted by Gasteiger charge is -2.16. The highest BCUT2D eigenvalue weighted by Crippen LogP contribution is 2.33. The van der Waals surface area contributed by atoms with Gasteiger partial charge in [-0.1, -0.05) is 72.8 Å². The molecule has 3 aromatic carbocycles. The molecule has 2 N–H and O–H groups in total. The third-order valence-electron chi connectivity index (χ3n) is 3.86. The van der Waals surface area contributed by atoms with E-state index >= 15 is 0 Å². The van der Waals surface area contributed by atoms with Gasteiger partial charge in [-0.2, -0.15) is 0 Å². The Morgan fingerprint density at radius 2 is 1.50 bits per heavy atom. The predicted octanol–water partition coefficient (Wildman–Crippen LogP) is 5.50. The summed E-state index contributed by atoms with van der Waals surface area (Å²) in [6, 6.07) is 23.3. The second-order valence-corrected chi connectivity index (χ2v) is 5.24. The lowest BCUT2D eigenvalue weighted by Crippen LogP contribution is -2.10. The zero-order chi connectivity index (χ0) is 14.7. The summed E-state index contributed by atoms with van der Waals surface area (Å²) in [6.07, 6.45) is 2.66. The molecule has 1 nitrogen and oxygen atoms in total. The van der Waals surface area contributed by atoms with Gasteiger partial charge in [-0.05, 0) is 33.9 Å². The van der Waals surface area contributed by atoms with Gasteiger partial charge in [0, 0.05) is 6.04 Å².